The third-order valence-electron chi connectivity index (χ3n) is 2.83. The molecule has 2 rings (SSSR count). The monoisotopic (exact) mass is 318 g/mol. The summed E-state index contributed by atoms with van der Waals surface area (Å²) in [5, 5.41) is 12.2. The van der Waals surface area contributed by atoms with Gasteiger partial charge in [0.15, 0.2) is 0 Å². The molecule has 0 aliphatic rings. The van der Waals surface area contributed by atoms with Gasteiger partial charge in [0.25, 0.3) is 0 Å². The van der Waals surface area contributed by atoms with E-state index in [0.717, 1.165) is 11.1 Å². The predicted molar refractivity (Wildman–Crippen MR) is 78.0 cm³/mol. The number of hydrogen-bond acceptors (Lipinski definition) is 2. The number of rotatable bonds is 2. The number of halogens is 2. The summed E-state index contributed by atoms with van der Waals surface area (Å²) in [4.78, 5) is 0. The fourth-order valence-electron chi connectivity index (χ4n) is 1.79. The van der Waals surface area contributed by atoms with Crippen LogP contribution in [0.15, 0.2) is 34.8 Å². The van der Waals surface area contributed by atoms with Gasteiger partial charge in [-0.25, -0.2) is 4.39 Å². The maximum Gasteiger partial charge on any atom is 0.139 e. The van der Waals surface area contributed by atoms with Crippen molar-refractivity contribution < 1.29 is 4.39 Å². The van der Waals surface area contributed by atoms with E-state index in [1.165, 1.54) is 6.07 Å². The molecule has 0 radical (unpaired) electrons. The van der Waals surface area contributed by atoms with Crippen LogP contribution in [0.4, 0.5) is 15.8 Å². The highest BCUT2D eigenvalue weighted by molar-refractivity contribution is 9.10. The Kier molecular flexibility index (Phi) is 3.87. The van der Waals surface area contributed by atoms with Gasteiger partial charge in [0.2, 0.25) is 0 Å². The molecule has 0 heterocycles. The lowest BCUT2D eigenvalue weighted by atomic mass is 10.1. The van der Waals surface area contributed by atoms with Gasteiger partial charge in [-0.2, -0.15) is 5.26 Å². The molecular formula is C15H12BrFN2. The Balaban J connectivity index is 2.42. The Labute approximate surface area is 120 Å². The van der Waals surface area contributed by atoms with Crippen LogP contribution in [0.1, 0.15) is 16.7 Å². The van der Waals surface area contributed by atoms with Gasteiger partial charge < -0.3 is 5.32 Å². The third-order valence-corrected chi connectivity index (χ3v) is 3.44. The molecule has 2 aromatic rings. The Hall–Kier alpha value is -1.86. The number of nitrogens with one attached hydrogen (secondary N) is 1. The van der Waals surface area contributed by atoms with Crippen molar-refractivity contribution >= 4 is 27.3 Å². The fourth-order valence-corrected chi connectivity index (χ4v) is 2.24. The second kappa shape index (κ2) is 5.41. The molecule has 0 bridgehead atoms. The number of benzene rings is 2. The minimum atomic E-state index is -0.335. The van der Waals surface area contributed by atoms with Gasteiger partial charge in [0, 0.05) is 5.69 Å². The van der Waals surface area contributed by atoms with Gasteiger partial charge >= 0.3 is 0 Å². The van der Waals surface area contributed by atoms with Crippen molar-refractivity contribution in [2.45, 2.75) is 13.8 Å². The summed E-state index contributed by atoms with van der Waals surface area (Å²) in [5.74, 6) is -0.335. The molecule has 0 amide bonds. The molecule has 0 atom stereocenters. The van der Waals surface area contributed by atoms with E-state index in [2.05, 4.69) is 27.3 Å². The van der Waals surface area contributed by atoms with Crippen molar-refractivity contribution in [2.75, 3.05) is 5.32 Å². The van der Waals surface area contributed by atoms with Crippen LogP contribution in [0, 0.1) is 31.0 Å². The molecule has 96 valence electrons. The number of hydrogen-bond donors (Lipinski definition) is 1. The molecule has 1 N–H and O–H groups in total. The summed E-state index contributed by atoms with van der Waals surface area (Å²) in [6, 6.07) is 10.8. The minimum Gasteiger partial charge on any atom is -0.354 e. The van der Waals surface area contributed by atoms with Crippen LogP contribution in [-0.2, 0) is 0 Å². The molecule has 2 aromatic carbocycles. The van der Waals surface area contributed by atoms with Crippen molar-refractivity contribution in [3.05, 3.63) is 57.3 Å². The second-order valence-electron chi connectivity index (χ2n) is 4.37. The van der Waals surface area contributed by atoms with Crippen molar-refractivity contribution in [1.29, 1.82) is 5.26 Å². The SMILES string of the molecule is Cc1ccc(Nc2cc(F)c(Br)cc2C)c(C#N)c1. The molecule has 0 saturated carbocycles. The Bertz CT molecular complexity index is 675. The molecule has 0 aliphatic heterocycles. The quantitative estimate of drug-likeness (QED) is 0.861. The number of nitriles is 1. The molecule has 4 heteroatoms. The number of anilines is 2. The number of nitrogens with zero attached hydrogens (tertiary/aromatic N) is 1. The highest BCUT2D eigenvalue weighted by Crippen LogP contribution is 2.28. The normalized spacial score (nSPS) is 10.1. The van der Waals surface area contributed by atoms with Crippen LogP contribution >= 0.6 is 15.9 Å². The van der Waals surface area contributed by atoms with Gasteiger partial charge in [-0.3, -0.25) is 0 Å². The highest BCUT2D eigenvalue weighted by atomic mass is 79.9. The predicted octanol–water partition coefficient (Wildman–Crippen LogP) is 4.82. The maximum absolute atomic E-state index is 13.6. The lowest BCUT2D eigenvalue weighted by molar-refractivity contribution is 0.621. The lowest BCUT2D eigenvalue weighted by Crippen LogP contribution is -1.97. The van der Waals surface area contributed by atoms with Gasteiger partial charge in [-0.05, 0) is 65.2 Å². The van der Waals surface area contributed by atoms with Crippen LogP contribution in [0.2, 0.25) is 0 Å². The number of aryl methyl sites for hydroxylation is 2. The first kappa shape index (κ1) is 13.6. The van der Waals surface area contributed by atoms with E-state index in [0.29, 0.717) is 21.4 Å². The average molecular weight is 319 g/mol. The topological polar surface area (TPSA) is 35.8 Å². The van der Waals surface area contributed by atoms with Crippen LogP contribution in [0.3, 0.4) is 0 Å². The van der Waals surface area contributed by atoms with Crippen molar-refractivity contribution in [3.63, 3.8) is 0 Å². The highest BCUT2D eigenvalue weighted by Gasteiger charge is 2.08. The van der Waals surface area contributed by atoms with E-state index in [1.807, 2.05) is 26.0 Å². The molecule has 0 spiro atoms. The van der Waals surface area contributed by atoms with Crippen LogP contribution in [-0.4, -0.2) is 0 Å². The van der Waals surface area contributed by atoms with Crippen molar-refractivity contribution in [1.82, 2.24) is 0 Å². The zero-order valence-corrected chi connectivity index (χ0v) is 12.2. The first-order valence-electron chi connectivity index (χ1n) is 5.74. The zero-order chi connectivity index (χ0) is 14.0. The summed E-state index contributed by atoms with van der Waals surface area (Å²) >= 11 is 3.15. The van der Waals surface area contributed by atoms with Crippen LogP contribution in [0.25, 0.3) is 0 Å². The van der Waals surface area contributed by atoms with Gasteiger partial charge in [0.1, 0.15) is 11.9 Å². The van der Waals surface area contributed by atoms with E-state index in [-0.39, 0.29) is 5.82 Å². The van der Waals surface area contributed by atoms with Crippen LogP contribution in [0.5, 0.6) is 0 Å². The van der Waals surface area contributed by atoms with Crippen molar-refractivity contribution in [3.8, 4) is 6.07 Å². The third kappa shape index (κ3) is 2.94. The fraction of sp³-hybridized carbons (Fsp3) is 0.133. The average Bonchev–Trinajstić information content (AvgIpc) is 2.37. The Morgan fingerprint density at radius 2 is 1.89 bits per heavy atom. The van der Waals surface area contributed by atoms with Gasteiger partial charge in [-0.15, -0.1) is 0 Å². The maximum atomic E-state index is 13.6. The summed E-state index contributed by atoms with van der Waals surface area (Å²) in [7, 11) is 0. The van der Waals surface area contributed by atoms with E-state index in [4.69, 9.17) is 5.26 Å². The Morgan fingerprint density at radius 3 is 2.58 bits per heavy atom. The molecule has 0 fully saturated rings. The molecule has 19 heavy (non-hydrogen) atoms. The van der Waals surface area contributed by atoms with Crippen molar-refractivity contribution in [2.24, 2.45) is 0 Å². The molecule has 0 aromatic heterocycles. The summed E-state index contributed by atoms with van der Waals surface area (Å²) in [6.45, 7) is 3.81. The van der Waals surface area contributed by atoms with E-state index < -0.39 is 0 Å². The van der Waals surface area contributed by atoms with Gasteiger partial charge in [0.05, 0.1) is 15.7 Å². The van der Waals surface area contributed by atoms with E-state index in [1.54, 1.807) is 12.1 Å². The van der Waals surface area contributed by atoms with Gasteiger partial charge in [-0.1, -0.05) is 6.07 Å². The summed E-state index contributed by atoms with van der Waals surface area (Å²) in [6.07, 6.45) is 0. The molecule has 0 aliphatic carbocycles. The summed E-state index contributed by atoms with van der Waals surface area (Å²) < 4.78 is 14.0. The van der Waals surface area contributed by atoms with Crippen LogP contribution < -0.4 is 5.32 Å². The zero-order valence-electron chi connectivity index (χ0n) is 10.6. The molecular weight excluding hydrogens is 307 g/mol. The largest absolute Gasteiger partial charge is 0.354 e. The Morgan fingerprint density at radius 1 is 1.16 bits per heavy atom. The lowest BCUT2D eigenvalue weighted by Gasteiger charge is -2.12. The first-order valence-corrected chi connectivity index (χ1v) is 6.54. The minimum absolute atomic E-state index is 0.335. The smallest absolute Gasteiger partial charge is 0.139 e. The standard InChI is InChI=1S/C15H12BrFN2/c1-9-3-4-14(11(5-9)8-18)19-15-7-13(17)12(16)6-10(15)2/h3-7,19H,1-2H3. The molecule has 2 nitrogen and oxygen atoms in total. The van der Waals surface area contributed by atoms with E-state index >= 15 is 0 Å². The molecule has 0 unspecified atom stereocenters. The van der Waals surface area contributed by atoms with E-state index in [9.17, 15) is 4.39 Å². The summed E-state index contributed by atoms with van der Waals surface area (Å²) in [5.41, 5.74) is 3.79. The first-order chi connectivity index (χ1) is 9.01. The molecule has 0 saturated heterocycles. The second-order valence-corrected chi connectivity index (χ2v) is 5.22.